The molecule has 1 aliphatic heterocycles. The molecule has 0 saturated carbocycles. The van der Waals surface area contributed by atoms with Crippen LogP contribution in [0.15, 0.2) is 42.5 Å². The quantitative estimate of drug-likeness (QED) is 0.723. The van der Waals surface area contributed by atoms with Crippen LogP contribution in [0.4, 0.5) is 0 Å². The molecule has 132 valence electrons. The third-order valence-corrected chi connectivity index (χ3v) is 3.92. The lowest BCUT2D eigenvalue weighted by Gasteiger charge is -2.33. The molecule has 6 heteroatoms. The van der Waals surface area contributed by atoms with Crippen molar-refractivity contribution in [3.8, 4) is 23.0 Å². The maximum Gasteiger partial charge on any atom is 0.163 e. The molecule has 0 fully saturated rings. The number of phenolic OH excluding ortho intramolecular Hbond substituents is 2. The Morgan fingerprint density at radius 1 is 1.04 bits per heavy atom. The number of fused-ring (bicyclic) bond motifs is 1. The summed E-state index contributed by atoms with van der Waals surface area (Å²) >= 11 is 0. The van der Waals surface area contributed by atoms with E-state index in [9.17, 15) is 15.3 Å². The molecule has 3 rings (SSSR count). The van der Waals surface area contributed by atoms with E-state index in [1.165, 1.54) is 12.1 Å². The van der Waals surface area contributed by atoms with Crippen molar-refractivity contribution in [1.82, 2.24) is 0 Å². The highest BCUT2D eigenvalue weighted by molar-refractivity contribution is 5.56. The maximum absolute atomic E-state index is 9.70. The number of hydrogen-bond donors (Lipinski definition) is 3. The number of phenols is 2. The van der Waals surface area contributed by atoms with Gasteiger partial charge in [-0.1, -0.05) is 24.3 Å². The molecule has 2 atom stereocenters. The van der Waals surface area contributed by atoms with Crippen molar-refractivity contribution in [3.63, 3.8) is 0 Å². The first kappa shape index (κ1) is 17.1. The number of aliphatic hydroxyl groups is 1. The molecule has 3 N–H and O–H groups in total. The monoisotopic (exact) mass is 344 g/mol. The van der Waals surface area contributed by atoms with Crippen molar-refractivity contribution in [2.24, 2.45) is 0 Å². The van der Waals surface area contributed by atoms with Gasteiger partial charge >= 0.3 is 0 Å². The van der Waals surface area contributed by atoms with Gasteiger partial charge in [-0.25, -0.2) is 0 Å². The van der Waals surface area contributed by atoms with E-state index >= 15 is 0 Å². The topological polar surface area (TPSA) is 88.4 Å². The Bertz CT molecular complexity index is 771. The van der Waals surface area contributed by atoms with Gasteiger partial charge in [-0.2, -0.15) is 0 Å². The smallest absolute Gasteiger partial charge is 0.163 e. The molecular formula is C19H20O6. The van der Waals surface area contributed by atoms with Gasteiger partial charge in [-0.15, -0.1) is 0 Å². The van der Waals surface area contributed by atoms with Gasteiger partial charge in [0.05, 0.1) is 13.2 Å². The number of benzene rings is 2. The number of methoxy groups -OCH3 is 1. The van der Waals surface area contributed by atoms with Crippen LogP contribution in [0.1, 0.15) is 17.2 Å². The van der Waals surface area contributed by atoms with Crippen molar-refractivity contribution in [1.29, 1.82) is 0 Å². The van der Waals surface area contributed by atoms with Gasteiger partial charge in [0, 0.05) is 12.7 Å². The minimum atomic E-state index is -0.630. The molecule has 0 aliphatic carbocycles. The molecule has 0 unspecified atom stereocenters. The fourth-order valence-corrected chi connectivity index (χ4v) is 2.67. The zero-order valence-corrected chi connectivity index (χ0v) is 13.8. The average Bonchev–Trinajstić information content (AvgIpc) is 2.63. The van der Waals surface area contributed by atoms with E-state index in [0.29, 0.717) is 23.7 Å². The molecule has 2 aromatic rings. The van der Waals surface area contributed by atoms with Crippen LogP contribution in [-0.2, 0) is 4.74 Å². The summed E-state index contributed by atoms with van der Waals surface area (Å²) in [5, 5.41) is 28.8. The number of aromatic hydroxyl groups is 2. The number of aliphatic hydroxyl groups excluding tert-OH is 1. The Hall–Kier alpha value is -2.70. The molecular weight excluding hydrogens is 324 g/mol. The van der Waals surface area contributed by atoms with Crippen molar-refractivity contribution >= 4 is 6.08 Å². The molecule has 0 bridgehead atoms. The van der Waals surface area contributed by atoms with E-state index in [1.807, 2.05) is 24.3 Å². The van der Waals surface area contributed by atoms with Crippen LogP contribution in [0.25, 0.3) is 6.08 Å². The van der Waals surface area contributed by atoms with E-state index in [1.54, 1.807) is 19.2 Å². The predicted molar refractivity (Wildman–Crippen MR) is 92.0 cm³/mol. The van der Waals surface area contributed by atoms with E-state index in [-0.39, 0.29) is 18.1 Å². The Morgan fingerprint density at radius 3 is 2.60 bits per heavy atom. The third kappa shape index (κ3) is 3.70. The molecule has 0 radical (unpaired) electrons. The first-order valence-electron chi connectivity index (χ1n) is 7.88. The maximum atomic E-state index is 9.70. The normalized spacial score (nSPS) is 19.3. The van der Waals surface area contributed by atoms with Gasteiger partial charge in [-0.3, -0.25) is 0 Å². The molecule has 0 amide bonds. The predicted octanol–water partition coefficient (Wildman–Crippen LogP) is 2.63. The van der Waals surface area contributed by atoms with E-state index < -0.39 is 12.2 Å². The lowest BCUT2D eigenvalue weighted by atomic mass is 10.0. The largest absolute Gasteiger partial charge is 0.504 e. The van der Waals surface area contributed by atoms with Crippen LogP contribution in [0, 0.1) is 0 Å². The standard InChI is InChI=1S/C19H20O6/c1-23-8-2-3-12-4-7-16-17(9-12)24-18(11-20)19(25-16)13-5-6-14(21)15(22)10-13/h2-7,9-10,18-22H,8,11H2,1H3/t18-,19+/m1/s1. The fourth-order valence-electron chi connectivity index (χ4n) is 2.67. The van der Waals surface area contributed by atoms with Crippen LogP contribution >= 0.6 is 0 Å². The summed E-state index contributed by atoms with van der Waals surface area (Å²) in [4.78, 5) is 0. The van der Waals surface area contributed by atoms with Crippen molar-refractivity contribution < 1.29 is 29.5 Å². The highest BCUT2D eigenvalue weighted by Crippen LogP contribution is 2.41. The minimum Gasteiger partial charge on any atom is -0.504 e. The lowest BCUT2D eigenvalue weighted by molar-refractivity contribution is -0.0124. The van der Waals surface area contributed by atoms with Gasteiger partial charge in [0.1, 0.15) is 0 Å². The van der Waals surface area contributed by atoms with Crippen molar-refractivity contribution in [2.45, 2.75) is 12.2 Å². The first-order valence-corrected chi connectivity index (χ1v) is 7.88. The van der Waals surface area contributed by atoms with Gasteiger partial charge in [0.25, 0.3) is 0 Å². The second-order valence-electron chi connectivity index (χ2n) is 5.69. The molecule has 1 aliphatic rings. The minimum absolute atomic E-state index is 0.214. The van der Waals surface area contributed by atoms with Gasteiger partial charge in [0.2, 0.25) is 0 Å². The van der Waals surface area contributed by atoms with Crippen LogP contribution in [0.2, 0.25) is 0 Å². The van der Waals surface area contributed by atoms with E-state index in [4.69, 9.17) is 14.2 Å². The lowest BCUT2D eigenvalue weighted by Crippen LogP contribution is -2.36. The fraction of sp³-hybridized carbons (Fsp3) is 0.263. The van der Waals surface area contributed by atoms with Crippen LogP contribution in [0.3, 0.4) is 0 Å². The zero-order chi connectivity index (χ0) is 17.8. The van der Waals surface area contributed by atoms with Gasteiger partial charge < -0.3 is 29.5 Å². The molecule has 25 heavy (non-hydrogen) atoms. The Labute approximate surface area is 145 Å². The van der Waals surface area contributed by atoms with E-state index in [2.05, 4.69) is 0 Å². The SMILES string of the molecule is COCC=Cc1ccc2c(c1)O[C@H](CO)[C@H](c1ccc(O)c(O)c1)O2. The summed E-state index contributed by atoms with van der Waals surface area (Å²) in [5.41, 5.74) is 1.53. The van der Waals surface area contributed by atoms with Gasteiger partial charge in [0.15, 0.2) is 35.2 Å². The average molecular weight is 344 g/mol. The first-order chi connectivity index (χ1) is 12.1. The highest BCUT2D eigenvalue weighted by atomic mass is 16.6. The molecule has 2 aromatic carbocycles. The second kappa shape index (κ2) is 7.46. The summed E-state index contributed by atoms with van der Waals surface area (Å²) in [7, 11) is 1.63. The summed E-state index contributed by atoms with van der Waals surface area (Å²) in [6.45, 7) is 0.260. The Kier molecular flexibility index (Phi) is 5.11. The van der Waals surface area contributed by atoms with Crippen LogP contribution in [-0.4, -0.2) is 41.7 Å². The molecule has 0 saturated heterocycles. The Balaban J connectivity index is 1.87. The number of hydrogen-bond acceptors (Lipinski definition) is 6. The molecule has 6 nitrogen and oxygen atoms in total. The van der Waals surface area contributed by atoms with Gasteiger partial charge in [-0.05, 0) is 29.8 Å². The van der Waals surface area contributed by atoms with Crippen LogP contribution < -0.4 is 9.47 Å². The summed E-state index contributed by atoms with van der Waals surface area (Å²) in [6.07, 6.45) is 2.57. The summed E-state index contributed by atoms with van der Waals surface area (Å²) in [5.74, 6) is 0.625. The van der Waals surface area contributed by atoms with E-state index in [0.717, 1.165) is 5.56 Å². The Morgan fingerprint density at radius 2 is 1.88 bits per heavy atom. The highest BCUT2D eigenvalue weighted by Gasteiger charge is 2.33. The number of rotatable bonds is 5. The molecule has 1 heterocycles. The molecule has 0 aromatic heterocycles. The van der Waals surface area contributed by atoms with Crippen LogP contribution in [0.5, 0.6) is 23.0 Å². The molecule has 0 spiro atoms. The third-order valence-electron chi connectivity index (χ3n) is 3.92. The number of ether oxygens (including phenoxy) is 3. The van der Waals surface area contributed by atoms with Crippen molar-refractivity contribution in [2.75, 3.05) is 20.3 Å². The zero-order valence-electron chi connectivity index (χ0n) is 13.8. The summed E-state index contributed by atoms with van der Waals surface area (Å²) < 4.78 is 16.8. The second-order valence-corrected chi connectivity index (χ2v) is 5.69. The summed E-state index contributed by atoms with van der Waals surface area (Å²) in [6, 6.07) is 9.91. The van der Waals surface area contributed by atoms with Crippen molar-refractivity contribution in [3.05, 3.63) is 53.6 Å².